The number of likely N-dealkylation sites (N-methyl/N-ethyl adjacent to an activating group) is 1. The molecule has 28 heavy (non-hydrogen) atoms. The maximum absolute atomic E-state index is 5.85. The highest BCUT2D eigenvalue weighted by Gasteiger charge is 2.10. The average Bonchev–Trinajstić information content (AvgIpc) is 3.35. The standard InChI is InChI=1S/C19H24N6O2.HI/c1-14-7-4-5-8-15(14)27-12-10-25(3)19(20-2)21-13-17-22-18(24-23-17)16-9-6-11-26-16;/h4-9,11H,10,12-13H2,1-3H3,(H,20,21)(H,22,23,24);1H. The fourth-order valence-corrected chi connectivity index (χ4v) is 2.55. The van der Waals surface area contributed by atoms with E-state index < -0.39 is 0 Å². The minimum atomic E-state index is 0. The van der Waals surface area contributed by atoms with Crippen LogP contribution in [0.4, 0.5) is 0 Å². The molecule has 0 bridgehead atoms. The van der Waals surface area contributed by atoms with Crippen LogP contribution in [0.25, 0.3) is 11.6 Å². The summed E-state index contributed by atoms with van der Waals surface area (Å²) in [6.07, 6.45) is 1.60. The van der Waals surface area contributed by atoms with Gasteiger partial charge in [0.05, 0.1) is 19.4 Å². The number of H-pyrrole nitrogens is 1. The molecule has 0 amide bonds. The van der Waals surface area contributed by atoms with Crippen molar-refractivity contribution >= 4 is 29.9 Å². The first-order valence-corrected chi connectivity index (χ1v) is 8.72. The van der Waals surface area contributed by atoms with Gasteiger partial charge in [0.2, 0.25) is 5.82 Å². The van der Waals surface area contributed by atoms with Gasteiger partial charge in [0, 0.05) is 14.1 Å². The third kappa shape index (κ3) is 5.72. The van der Waals surface area contributed by atoms with Crippen LogP contribution in [-0.2, 0) is 6.54 Å². The van der Waals surface area contributed by atoms with E-state index in [1.807, 2.05) is 49.2 Å². The summed E-state index contributed by atoms with van der Waals surface area (Å²) in [6, 6.07) is 11.6. The fraction of sp³-hybridized carbons (Fsp3) is 0.316. The van der Waals surface area contributed by atoms with E-state index in [1.54, 1.807) is 19.4 Å². The lowest BCUT2D eigenvalue weighted by atomic mass is 10.2. The van der Waals surface area contributed by atoms with Crippen LogP contribution in [0, 0.1) is 6.92 Å². The van der Waals surface area contributed by atoms with Crippen molar-refractivity contribution in [2.45, 2.75) is 13.5 Å². The lowest BCUT2D eigenvalue weighted by molar-refractivity contribution is 0.280. The Labute approximate surface area is 181 Å². The van der Waals surface area contributed by atoms with Gasteiger partial charge in [-0.1, -0.05) is 18.2 Å². The highest BCUT2D eigenvalue weighted by atomic mass is 127. The molecule has 9 heteroatoms. The molecule has 0 aliphatic heterocycles. The quantitative estimate of drug-likeness (QED) is 0.297. The van der Waals surface area contributed by atoms with Crippen molar-refractivity contribution < 1.29 is 9.15 Å². The zero-order chi connectivity index (χ0) is 19.1. The number of furan rings is 1. The van der Waals surface area contributed by atoms with Crippen molar-refractivity contribution in [1.29, 1.82) is 0 Å². The number of nitrogens with zero attached hydrogens (tertiary/aromatic N) is 4. The van der Waals surface area contributed by atoms with Gasteiger partial charge in [-0.3, -0.25) is 10.1 Å². The number of aliphatic imine (C=N–C) groups is 1. The van der Waals surface area contributed by atoms with Crippen LogP contribution in [0.3, 0.4) is 0 Å². The van der Waals surface area contributed by atoms with Crippen LogP contribution < -0.4 is 10.1 Å². The Balaban J connectivity index is 0.00000280. The third-order valence-corrected chi connectivity index (χ3v) is 4.04. The number of aryl methyl sites for hydroxylation is 1. The summed E-state index contributed by atoms with van der Waals surface area (Å²) < 4.78 is 11.1. The number of aromatic amines is 1. The molecule has 0 aliphatic carbocycles. The third-order valence-electron chi connectivity index (χ3n) is 4.04. The number of hydrogen-bond donors (Lipinski definition) is 2. The molecule has 1 aromatic carbocycles. The maximum atomic E-state index is 5.85. The smallest absolute Gasteiger partial charge is 0.216 e. The molecule has 8 nitrogen and oxygen atoms in total. The Bertz CT molecular complexity index is 878. The Morgan fingerprint density at radius 2 is 2.11 bits per heavy atom. The first kappa shape index (κ1) is 21.7. The molecule has 3 aromatic rings. The Kier molecular flexibility index (Phi) is 8.30. The lowest BCUT2D eigenvalue weighted by Gasteiger charge is -2.22. The van der Waals surface area contributed by atoms with Gasteiger partial charge >= 0.3 is 0 Å². The van der Waals surface area contributed by atoms with Crippen LogP contribution >= 0.6 is 24.0 Å². The van der Waals surface area contributed by atoms with Crippen LogP contribution in [0.5, 0.6) is 5.75 Å². The van der Waals surface area contributed by atoms with E-state index in [4.69, 9.17) is 9.15 Å². The molecule has 2 aromatic heterocycles. The van der Waals surface area contributed by atoms with Crippen LogP contribution in [0.15, 0.2) is 52.1 Å². The Hall–Kier alpha value is -2.56. The summed E-state index contributed by atoms with van der Waals surface area (Å²) >= 11 is 0. The normalized spacial score (nSPS) is 11.0. The largest absolute Gasteiger partial charge is 0.491 e. The van der Waals surface area contributed by atoms with Crippen LogP contribution in [-0.4, -0.2) is 53.3 Å². The number of nitrogens with one attached hydrogen (secondary N) is 2. The molecule has 0 spiro atoms. The molecule has 0 saturated heterocycles. The molecule has 0 aliphatic rings. The predicted molar refractivity (Wildman–Crippen MR) is 119 cm³/mol. The second-order valence-corrected chi connectivity index (χ2v) is 6.02. The van der Waals surface area contributed by atoms with Gasteiger partial charge < -0.3 is 19.4 Å². The first-order valence-electron chi connectivity index (χ1n) is 8.72. The Morgan fingerprint density at radius 3 is 2.82 bits per heavy atom. The molecule has 3 rings (SSSR count). The number of rotatable bonds is 7. The van der Waals surface area contributed by atoms with Crippen LogP contribution in [0.2, 0.25) is 0 Å². The highest BCUT2D eigenvalue weighted by Crippen LogP contribution is 2.16. The first-order chi connectivity index (χ1) is 13.2. The van der Waals surface area contributed by atoms with Crippen molar-refractivity contribution in [3.63, 3.8) is 0 Å². The maximum Gasteiger partial charge on any atom is 0.216 e. The monoisotopic (exact) mass is 496 g/mol. The summed E-state index contributed by atoms with van der Waals surface area (Å²) in [5.41, 5.74) is 1.13. The van der Waals surface area contributed by atoms with Crippen molar-refractivity contribution in [3.8, 4) is 17.3 Å². The zero-order valence-electron chi connectivity index (χ0n) is 16.2. The van der Waals surface area contributed by atoms with E-state index in [0.29, 0.717) is 37.1 Å². The van der Waals surface area contributed by atoms with E-state index >= 15 is 0 Å². The van der Waals surface area contributed by atoms with Gasteiger partial charge in [-0.15, -0.1) is 29.1 Å². The minimum Gasteiger partial charge on any atom is -0.491 e. The van der Waals surface area contributed by atoms with Gasteiger partial charge in [-0.2, -0.15) is 0 Å². The summed E-state index contributed by atoms with van der Waals surface area (Å²) in [5.74, 6) is 3.52. The number of benzene rings is 1. The molecule has 0 fully saturated rings. The summed E-state index contributed by atoms with van der Waals surface area (Å²) in [6.45, 7) is 3.77. The molecule has 2 heterocycles. The molecule has 0 saturated carbocycles. The second kappa shape index (κ2) is 10.7. The van der Waals surface area contributed by atoms with E-state index in [0.717, 1.165) is 17.3 Å². The van der Waals surface area contributed by atoms with E-state index in [-0.39, 0.29) is 24.0 Å². The number of aromatic nitrogens is 3. The van der Waals surface area contributed by atoms with E-state index in [2.05, 4.69) is 25.5 Å². The average molecular weight is 496 g/mol. The molecule has 0 atom stereocenters. The molecular weight excluding hydrogens is 471 g/mol. The number of guanidine groups is 1. The molecule has 2 N–H and O–H groups in total. The SMILES string of the molecule is CN=C(NCc1nc(-c2ccco2)n[nH]1)N(C)CCOc1ccccc1C.I. The second-order valence-electron chi connectivity index (χ2n) is 6.02. The summed E-state index contributed by atoms with van der Waals surface area (Å²) in [5, 5.41) is 10.3. The number of hydrogen-bond acceptors (Lipinski definition) is 5. The van der Waals surface area contributed by atoms with Gasteiger partial charge in [0.15, 0.2) is 11.7 Å². The summed E-state index contributed by atoms with van der Waals surface area (Å²) in [7, 11) is 3.71. The summed E-state index contributed by atoms with van der Waals surface area (Å²) in [4.78, 5) is 10.7. The van der Waals surface area contributed by atoms with Crippen molar-refractivity contribution in [1.82, 2.24) is 25.4 Å². The van der Waals surface area contributed by atoms with Gasteiger partial charge in [0.25, 0.3) is 0 Å². The molecular formula is C19H25IN6O2. The van der Waals surface area contributed by atoms with Crippen LogP contribution in [0.1, 0.15) is 11.4 Å². The molecule has 0 unspecified atom stereocenters. The zero-order valence-corrected chi connectivity index (χ0v) is 18.5. The predicted octanol–water partition coefficient (Wildman–Crippen LogP) is 3.08. The Morgan fingerprint density at radius 1 is 1.29 bits per heavy atom. The molecule has 150 valence electrons. The lowest BCUT2D eigenvalue weighted by Crippen LogP contribution is -2.40. The van der Waals surface area contributed by atoms with Gasteiger partial charge in [0.1, 0.15) is 18.2 Å². The van der Waals surface area contributed by atoms with Crippen molar-refractivity contribution in [2.75, 3.05) is 27.2 Å². The van der Waals surface area contributed by atoms with E-state index in [1.165, 1.54) is 0 Å². The van der Waals surface area contributed by atoms with Gasteiger partial charge in [-0.25, -0.2) is 4.98 Å². The van der Waals surface area contributed by atoms with Crippen molar-refractivity contribution in [3.05, 3.63) is 54.0 Å². The number of halogens is 1. The van der Waals surface area contributed by atoms with E-state index in [9.17, 15) is 0 Å². The van der Waals surface area contributed by atoms with Gasteiger partial charge in [-0.05, 0) is 30.7 Å². The molecule has 0 radical (unpaired) electrons. The highest BCUT2D eigenvalue weighted by molar-refractivity contribution is 14.0. The minimum absolute atomic E-state index is 0. The van der Waals surface area contributed by atoms with Crippen molar-refractivity contribution in [2.24, 2.45) is 4.99 Å². The topological polar surface area (TPSA) is 91.6 Å². The number of para-hydroxylation sites is 1. The number of ether oxygens (including phenoxy) is 1. The fourth-order valence-electron chi connectivity index (χ4n) is 2.55.